The fourth-order valence-corrected chi connectivity index (χ4v) is 1.94. The van der Waals surface area contributed by atoms with Gasteiger partial charge >= 0.3 is 0 Å². The van der Waals surface area contributed by atoms with Crippen molar-refractivity contribution in [1.29, 1.82) is 0 Å². The standard InChI is InChI=1S/C12H20N8/c1-8(2)5-9(3)16-11-17-10(13-4)18-12(19-11)20-7-14-6-15-20/h6-9H,5H2,1-4H3,(H2,13,16,17,18,19). The minimum atomic E-state index is 0.283. The van der Waals surface area contributed by atoms with E-state index in [1.807, 2.05) is 0 Å². The third kappa shape index (κ3) is 3.62. The highest BCUT2D eigenvalue weighted by Crippen LogP contribution is 2.12. The molecule has 2 N–H and O–H groups in total. The van der Waals surface area contributed by atoms with Gasteiger partial charge in [-0.1, -0.05) is 13.8 Å². The van der Waals surface area contributed by atoms with Crippen molar-refractivity contribution in [3.63, 3.8) is 0 Å². The predicted molar refractivity (Wildman–Crippen MR) is 76.8 cm³/mol. The maximum Gasteiger partial charge on any atom is 0.258 e. The Morgan fingerprint density at radius 3 is 2.50 bits per heavy atom. The van der Waals surface area contributed by atoms with Crippen LogP contribution in [0.15, 0.2) is 12.7 Å². The third-order valence-electron chi connectivity index (χ3n) is 2.67. The molecule has 0 aliphatic heterocycles. The Labute approximate surface area is 118 Å². The fraction of sp³-hybridized carbons (Fsp3) is 0.583. The number of rotatable bonds is 6. The second-order valence-corrected chi connectivity index (χ2v) is 5.05. The summed E-state index contributed by atoms with van der Waals surface area (Å²) < 4.78 is 1.50. The molecule has 0 amide bonds. The van der Waals surface area contributed by atoms with Gasteiger partial charge in [0.05, 0.1) is 0 Å². The maximum atomic E-state index is 4.36. The van der Waals surface area contributed by atoms with Crippen molar-refractivity contribution < 1.29 is 0 Å². The highest BCUT2D eigenvalue weighted by molar-refractivity contribution is 5.37. The number of anilines is 2. The zero-order valence-electron chi connectivity index (χ0n) is 12.2. The molecule has 2 rings (SSSR count). The molecule has 0 radical (unpaired) electrons. The summed E-state index contributed by atoms with van der Waals surface area (Å²) in [6.07, 6.45) is 4.03. The number of nitrogens with zero attached hydrogens (tertiary/aromatic N) is 6. The Hall–Kier alpha value is -2.25. The Morgan fingerprint density at radius 2 is 1.90 bits per heavy atom. The van der Waals surface area contributed by atoms with Gasteiger partial charge in [-0.2, -0.15) is 24.7 Å². The van der Waals surface area contributed by atoms with Crippen LogP contribution in [0.5, 0.6) is 0 Å². The van der Waals surface area contributed by atoms with Gasteiger partial charge in [-0.3, -0.25) is 0 Å². The predicted octanol–water partition coefficient (Wildman–Crippen LogP) is 1.34. The Kier molecular flexibility index (Phi) is 4.44. The number of hydrogen-bond acceptors (Lipinski definition) is 7. The van der Waals surface area contributed by atoms with E-state index in [2.05, 4.69) is 56.4 Å². The summed E-state index contributed by atoms with van der Waals surface area (Å²) in [6.45, 7) is 6.48. The van der Waals surface area contributed by atoms with Gasteiger partial charge in [0.1, 0.15) is 12.7 Å². The second-order valence-electron chi connectivity index (χ2n) is 5.05. The van der Waals surface area contributed by atoms with Crippen molar-refractivity contribution in [3.05, 3.63) is 12.7 Å². The van der Waals surface area contributed by atoms with Crippen LogP contribution in [-0.4, -0.2) is 42.8 Å². The van der Waals surface area contributed by atoms with E-state index in [0.717, 1.165) is 6.42 Å². The van der Waals surface area contributed by atoms with Gasteiger partial charge in [-0.05, 0) is 19.3 Å². The Morgan fingerprint density at radius 1 is 1.15 bits per heavy atom. The van der Waals surface area contributed by atoms with Gasteiger partial charge in [-0.15, -0.1) is 0 Å². The lowest BCUT2D eigenvalue weighted by Crippen LogP contribution is -2.20. The van der Waals surface area contributed by atoms with Crippen LogP contribution < -0.4 is 10.6 Å². The van der Waals surface area contributed by atoms with Crippen molar-refractivity contribution in [2.24, 2.45) is 5.92 Å². The van der Waals surface area contributed by atoms with E-state index in [0.29, 0.717) is 23.8 Å². The van der Waals surface area contributed by atoms with E-state index in [4.69, 9.17) is 0 Å². The molecule has 2 heterocycles. The van der Waals surface area contributed by atoms with E-state index in [1.54, 1.807) is 13.4 Å². The first-order valence-electron chi connectivity index (χ1n) is 6.64. The van der Waals surface area contributed by atoms with Crippen LogP contribution in [-0.2, 0) is 0 Å². The van der Waals surface area contributed by atoms with Gasteiger partial charge in [-0.25, -0.2) is 4.98 Å². The summed E-state index contributed by atoms with van der Waals surface area (Å²) in [4.78, 5) is 16.8. The van der Waals surface area contributed by atoms with Crippen molar-refractivity contribution in [1.82, 2.24) is 29.7 Å². The molecule has 1 atom stereocenters. The summed E-state index contributed by atoms with van der Waals surface area (Å²) >= 11 is 0. The molecule has 0 aromatic carbocycles. The third-order valence-corrected chi connectivity index (χ3v) is 2.67. The molecule has 0 bridgehead atoms. The normalized spacial score (nSPS) is 12.4. The van der Waals surface area contributed by atoms with E-state index < -0.39 is 0 Å². The number of hydrogen-bond donors (Lipinski definition) is 2. The first-order chi connectivity index (χ1) is 9.58. The van der Waals surface area contributed by atoms with Crippen molar-refractivity contribution in [2.45, 2.75) is 33.2 Å². The summed E-state index contributed by atoms with van der Waals surface area (Å²) in [6, 6.07) is 0.283. The van der Waals surface area contributed by atoms with Crippen molar-refractivity contribution >= 4 is 11.9 Å². The van der Waals surface area contributed by atoms with E-state index >= 15 is 0 Å². The topological polar surface area (TPSA) is 93.4 Å². The van der Waals surface area contributed by atoms with Crippen LogP contribution in [0, 0.1) is 5.92 Å². The van der Waals surface area contributed by atoms with Crippen LogP contribution in [0.1, 0.15) is 27.2 Å². The highest BCUT2D eigenvalue weighted by Gasteiger charge is 2.11. The molecule has 0 aliphatic rings. The zero-order valence-corrected chi connectivity index (χ0v) is 12.2. The minimum Gasteiger partial charge on any atom is -0.357 e. The fourth-order valence-electron chi connectivity index (χ4n) is 1.94. The second kappa shape index (κ2) is 6.27. The number of aromatic nitrogens is 6. The largest absolute Gasteiger partial charge is 0.357 e. The summed E-state index contributed by atoms with van der Waals surface area (Å²) in [5.41, 5.74) is 0. The molecule has 1 unspecified atom stereocenters. The van der Waals surface area contributed by atoms with Gasteiger partial charge in [0.2, 0.25) is 11.9 Å². The molecule has 0 aliphatic carbocycles. The average Bonchev–Trinajstić information content (AvgIpc) is 2.91. The highest BCUT2D eigenvalue weighted by atomic mass is 15.4. The Balaban J connectivity index is 2.22. The van der Waals surface area contributed by atoms with Crippen LogP contribution >= 0.6 is 0 Å². The van der Waals surface area contributed by atoms with E-state index in [1.165, 1.54) is 11.0 Å². The lowest BCUT2D eigenvalue weighted by atomic mass is 10.1. The van der Waals surface area contributed by atoms with Gasteiger partial charge < -0.3 is 10.6 Å². The SMILES string of the molecule is CNc1nc(NC(C)CC(C)C)nc(-n2cncn2)n1. The lowest BCUT2D eigenvalue weighted by Gasteiger charge is -2.16. The smallest absolute Gasteiger partial charge is 0.258 e. The molecule has 20 heavy (non-hydrogen) atoms. The first kappa shape index (κ1) is 14.2. The molecular weight excluding hydrogens is 256 g/mol. The maximum absolute atomic E-state index is 4.36. The van der Waals surface area contributed by atoms with Crippen molar-refractivity contribution in [3.8, 4) is 5.95 Å². The van der Waals surface area contributed by atoms with Crippen molar-refractivity contribution in [2.75, 3.05) is 17.7 Å². The van der Waals surface area contributed by atoms with Crippen LogP contribution in [0.4, 0.5) is 11.9 Å². The lowest BCUT2D eigenvalue weighted by molar-refractivity contribution is 0.537. The molecule has 8 nitrogen and oxygen atoms in total. The van der Waals surface area contributed by atoms with Crippen LogP contribution in [0.3, 0.4) is 0 Å². The van der Waals surface area contributed by atoms with E-state index in [-0.39, 0.29) is 6.04 Å². The van der Waals surface area contributed by atoms with Gasteiger partial charge in [0.15, 0.2) is 0 Å². The molecule has 0 fully saturated rings. The summed E-state index contributed by atoms with van der Waals surface area (Å²) in [5.74, 6) is 2.06. The zero-order chi connectivity index (χ0) is 14.5. The summed E-state index contributed by atoms with van der Waals surface area (Å²) in [5, 5.41) is 10.2. The molecule has 2 aromatic rings. The molecule has 8 heteroatoms. The molecule has 0 spiro atoms. The van der Waals surface area contributed by atoms with E-state index in [9.17, 15) is 0 Å². The van der Waals surface area contributed by atoms with Crippen LogP contribution in [0.25, 0.3) is 5.95 Å². The van der Waals surface area contributed by atoms with Crippen LogP contribution in [0.2, 0.25) is 0 Å². The minimum absolute atomic E-state index is 0.283. The number of nitrogens with one attached hydrogen (secondary N) is 2. The molecule has 108 valence electrons. The Bertz CT molecular complexity index is 536. The molecule has 0 saturated heterocycles. The molecular formula is C12H20N8. The molecule has 2 aromatic heterocycles. The monoisotopic (exact) mass is 276 g/mol. The quantitative estimate of drug-likeness (QED) is 0.822. The average molecular weight is 276 g/mol. The van der Waals surface area contributed by atoms with Gasteiger partial charge in [0, 0.05) is 13.1 Å². The summed E-state index contributed by atoms with van der Waals surface area (Å²) in [7, 11) is 1.77. The molecule has 0 saturated carbocycles. The first-order valence-corrected chi connectivity index (χ1v) is 6.64. The van der Waals surface area contributed by atoms with Gasteiger partial charge in [0.25, 0.3) is 5.95 Å².